The number of pyridine rings is 1. The van der Waals surface area contributed by atoms with Crippen molar-refractivity contribution < 1.29 is 0 Å². The van der Waals surface area contributed by atoms with Crippen molar-refractivity contribution in [1.29, 1.82) is 0 Å². The Hall–Kier alpha value is -0.200. The molecular weight excluding hydrogens is 366 g/mol. The van der Waals surface area contributed by atoms with Gasteiger partial charge in [0.05, 0.1) is 4.47 Å². The van der Waals surface area contributed by atoms with Crippen LogP contribution in [-0.4, -0.2) is 15.6 Å². The fourth-order valence-electron chi connectivity index (χ4n) is 1.12. The molecule has 0 amide bonds. The summed E-state index contributed by atoms with van der Waals surface area (Å²) in [6, 6.07) is 0. The van der Waals surface area contributed by atoms with E-state index < -0.39 is 0 Å². The summed E-state index contributed by atoms with van der Waals surface area (Å²) in [4.78, 5) is 4.28. The molecule has 2 N–H and O–H groups in total. The minimum absolute atomic E-state index is 0.0685. The predicted molar refractivity (Wildman–Crippen MR) is 83.5 cm³/mol. The lowest BCUT2D eigenvalue weighted by Crippen LogP contribution is -2.43. The Morgan fingerprint density at radius 1 is 1.35 bits per heavy atom. The summed E-state index contributed by atoms with van der Waals surface area (Å²) in [5.41, 5.74) is 1.02. The van der Waals surface area contributed by atoms with Crippen LogP contribution in [0.3, 0.4) is 0 Å². The number of aromatic nitrogens is 1. The Morgan fingerprint density at radius 3 is 2.47 bits per heavy atom. The lowest BCUT2D eigenvalue weighted by Gasteiger charge is -2.23. The molecule has 0 bridgehead atoms. The summed E-state index contributed by atoms with van der Waals surface area (Å²) in [7, 11) is 0. The molecule has 0 radical (unpaired) electrons. The van der Waals surface area contributed by atoms with Crippen molar-refractivity contribution in [1.82, 2.24) is 10.3 Å². The van der Waals surface area contributed by atoms with Crippen molar-refractivity contribution in [2.45, 2.75) is 33.2 Å². The van der Waals surface area contributed by atoms with Crippen molar-refractivity contribution in [3.05, 3.63) is 20.7 Å². The first-order valence-corrected chi connectivity index (χ1v) is 7.10. The van der Waals surface area contributed by atoms with Gasteiger partial charge >= 0.3 is 0 Å². The fraction of sp³-hybridized carbons (Fsp3) is 0.455. The van der Waals surface area contributed by atoms with Gasteiger partial charge in [-0.2, -0.15) is 0 Å². The maximum atomic E-state index is 5.23. The Bertz CT molecular complexity index is 441. The van der Waals surface area contributed by atoms with E-state index in [1.165, 1.54) is 0 Å². The van der Waals surface area contributed by atoms with E-state index in [0.29, 0.717) is 10.9 Å². The standard InChI is InChI=1S/C11H15Br2N3S/c1-6-7(12)5-14-9(8(6)13)15-10(17)16-11(2,3)4/h5H,1-4H3,(H2,14,15,16,17). The molecule has 94 valence electrons. The van der Waals surface area contributed by atoms with Gasteiger partial charge in [-0.15, -0.1) is 0 Å². The number of nitrogens with zero attached hydrogens (tertiary/aromatic N) is 1. The van der Waals surface area contributed by atoms with Crippen molar-refractivity contribution >= 4 is 55.0 Å². The van der Waals surface area contributed by atoms with E-state index in [0.717, 1.165) is 14.5 Å². The second-order valence-corrected chi connectivity index (χ2v) is 6.78. The SMILES string of the molecule is Cc1c(Br)cnc(NC(=S)NC(C)(C)C)c1Br. The van der Waals surface area contributed by atoms with Crippen LogP contribution in [0.15, 0.2) is 15.1 Å². The van der Waals surface area contributed by atoms with Crippen LogP contribution >= 0.6 is 44.1 Å². The highest BCUT2D eigenvalue weighted by atomic mass is 79.9. The zero-order valence-corrected chi connectivity index (χ0v) is 14.2. The molecule has 1 aromatic heterocycles. The summed E-state index contributed by atoms with van der Waals surface area (Å²) in [5.74, 6) is 0.715. The van der Waals surface area contributed by atoms with Crippen molar-refractivity contribution in [3.63, 3.8) is 0 Å². The van der Waals surface area contributed by atoms with Crippen LogP contribution in [0.5, 0.6) is 0 Å². The van der Waals surface area contributed by atoms with E-state index in [2.05, 4.69) is 68.2 Å². The van der Waals surface area contributed by atoms with Gasteiger partial charge in [-0.25, -0.2) is 4.98 Å². The molecular formula is C11H15Br2N3S. The number of nitrogens with one attached hydrogen (secondary N) is 2. The number of thiocarbonyl (C=S) groups is 1. The first-order chi connectivity index (χ1) is 7.70. The van der Waals surface area contributed by atoms with Gasteiger partial charge < -0.3 is 10.6 Å². The minimum atomic E-state index is -0.0685. The van der Waals surface area contributed by atoms with E-state index in [-0.39, 0.29) is 5.54 Å². The first-order valence-electron chi connectivity index (χ1n) is 5.10. The zero-order valence-electron chi connectivity index (χ0n) is 10.2. The lowest BCUT2D eigenvalue weighted by atomic mass is 10.1. The van der Waals surface area contributed by atoms with Crippen LogP contribution in [0.4, 0.5) is 5.82 Å². The Labute approximate surface area is 124 Å². The fourth-order valence-corrected chi connectivity index (χ4v) is 2.51. The topological polar surface area (TPSA) is 37.0 Å². The highest BCUT2D eigenvalue weighted by Crippen LogP contribution is 2.29. The third-order valence-electron chi connectivity index (χ3n) is 1.92. The first kappa shape index (κ1) is 14.9. The quantitative estimate of drug-likeness (QED) is 0.722. The molecule has 0 spiro atoms. The number of anilines is 1. The van der Waals surface area contributed by atoms with Gasteiger partial charge in [-0.05, 0) is 77.3 Å². The maximum Gasteiger partial charge on any atom is 0.172 e. The predicted octanol–water partition coefficient (Wildman–Crippen LogP) is 4.00. The van der Waals surface area contributed by atoms with Gasteiger partial charge in [-0.1, -0.05) is 0 Å². The van der Waals surface area contributed by atoms with Crippen LogP contribution in [-0.2, 0) is 0 Å². The number of halogens is 2. The van der Waals surface area contributed by atoms with Crippen molar-refractivity contribution in [3.8, 4) is 0 Å². The van der Waals surface area contributed by atoms with Gasteiger partial charge in [-0.3, -0.25) is 0 Å². The number of rotatable bonds is 1. The molecule has 6 heteroatoms. The molecule has 1 rings (SSSR count). The van der Waals surface area contributed by atoms with Gasteiger partial charge in [0.25, 0.3) is 0 Å². The number of hydrogen-bond acceptors (Lipinski definition) is 2. The summed E-state index contributed by atoms with van der Waals surface area (Å²) in [5, 5.41) is 6.82. The normalized spacial score (nSPS) is 11.2. The molecule has 0 atom stereocenters. The molecule has 0 saturated heterocycles. The summed E-state index contributed by atoms with van der Waals surface area (Å²) in [6.45, 7) is 8.16. The second kappa shape index (κ2) is 5.63. The molecule has 3 nitrogen and oxygen atoms in total. The van der Waals surface area contributed by atoms with Gasteiger partial charge in [0.1, 0.15) is 5.82 Å². The molecule has 1 aromatic rings. The van der Waals surface area contributed by atoms with E-state index >= 15 is 0 Å². The maximum absolute atomic E-state index is 5.23. The highest BCUT2D eigenvalue weighted by Gasteiger charge is 2.13. The second-order valence-electron chi connectivity index (χ2n) is 4.72. The van der Waals surface area contributed by atoms with Crippen LogP contribution in [0.25, 0.3) is 0 Å². The third kappa shape index (κ3) is 4.52. The molecule has 0 aliphatic carbocycles. The Morgan fingerprint density at radius 2 is 1.94 bits per heavy atom. The van der Waals surface area contributed by atoms with Crippen molar-refractivity contribution in [2.24, 2.45) is 0 Å². The minimum Gasteiger partial charge on any atom is -0.358 e. The monoisotopic (exact) mass is 379 g/mol. The summed E-state index contributed by atoms with van der Waals surface area (Å²) >= 11 is 12.1. The smallest absolute Gasteiger partial charge is 0.172 e. The van der Waals surface area contributed by atoms with E-state index in [1.54, 1.807) is 6.20 Å². The lowest BCUT2D eigenvalue weighted by molar-refractivity contribution is 0.515. The third-order valence-corrected chi connectivity index (χ3v) is 3.90. The Balaban J connectivity index is 2.83. The highest BCUT2D eigenvalue weighted by molar-refractivity contribution is 9.11. The molecule has 17 heavy (non-hydrogen) atoms. The number of hydrogen-bond donors (Lipinski definition) is 2. The van der Waals surface area contributed by atoms with Gasteiger partial charge in [0.2, 0.25) is 0 Å². The summed E-state index contributed by atoms with van der Waals surface area (Å²) in [6.07, 6.45) is 1.75. The zero-order chi connectivity index (χ0) is 13.2. The van der Waals surface area contributed by atoms with Crippen LogP contribution in [0.2, 0.25) is 0 Å². The molecule has 0 aromatic carbocycles. The molecule has 0 fully saturated rings. The summed E-state index contributed by atoms with van der Waals surface area (Å²) < 4.78 is 1.87. The average molecular weight is 381 g/mol. The van der Waals surface area contributed by atoms with Gasteiger partial charge in [0, 0.05) is 16.2 Å². The van der Waals surface area contributed by atoms with Crippen LogP contribution < -0.4 is 10.6 Å². The molecule has 0 aliphatic heterocycles. The largest absolute Gasteiger partial charge is 0.358 e. The van der Waals surface area contributed by atoms with Crippen LogP contribution in [0, 0.1) is 6.92 Å². The van der Waals surface area contributed by atoms with E-state index in [4.69, 9.17) is 12.2 Å². The molecule has 0 saturated carbocycles. The van der Waals surface area contributed by atoms with Crippen molar-refractivity contribution in [2.75, 3.05) is 5.32 Å². The van der Waals surface area contributed by atoms with E-state index in [1.807, 2.05) is 6.92 Å². The van der Waals surface area contributed by atoms with Gasteiger partial charge in [0.15, 0.2) is 5.11 Å². The van der Waals surface area contributed by atoms with E-state index in [9.17, 15) is 0 Å². The molecule has 0 aliphatic rings. The molecule has 0 unspecified atom stereocenters. The average Bonchev–Trinajstić information content (AvgIpc) is 2.16. The van der Waals surface area contributed by atoms with Crippen LogP contribution in [0.1, 0.15) is 26.3 Å². The molecule has 1 heterocycles. The Kier molecular flexibility index (Phi) is 4.92.